The molecule has 0 aromatic carbocycles. The van der Waals surface area contributed by atoms with Crippen molar-refractivity contribution in [2.75, 3.05) is 0 Å². The predicted molar refractivity (Wildman–Crippen MR) is 107 cm³/mol. The zero-order chi connectivity index (χ0) is 18.6. The highest BCUT2D eigenvalue weighted by atomic mass is 16.1. The van der Waals surface area contributed by atoms with E-state index in [0.29, 0.717) is 22.4 Å². The Morgan fingerprint density at radius 2 is 1.35 bits per heavy atom. The van der Waals surface area contributed by atoms with Crippen LogP contribution in [0.2, 0.25) is 0 Å². The molecule has 2 fully saturated rings. The molecule has 0 heterocycles. The maximum Gasteiger partial charge on any atom is 0.155 e. The maximum absolute atomic E-state index is 11.3. The molecule has 4 aliphatic rings. The van der Waals surface area contributed by atoms with Gasteiger partial charge in [-0.05, 0) is 100 Å². The lowest BCUT2D eigenvalue weighted by molar-refractivity contribution is -0.114. The van der Waals surface area contributed by atoms with E-state index in [4.69, 9.17) is 0 Å². The summed E-state index contributed by atoms with van der Waals surface area (Å²) < 4.78 is 0. The van der Waals surface area contributed by atoms with E-state index in [2.05, 4.69) is 12.2 Å². The summed E-state index contributed by atoms with van der Waals surface area (Å²) in [5, 5.41) is 0. The molecular weight excluding hydrogens is 320 g/mol. The Bertz CT molecular complexity index is 596. The molecule has 0 unspecified atom stereocenters. The van der Waals surface area contributed by atoms with Crippen LogP contribution in [-0.2, 0) is 9.59 Å². The third-order valence-corrected chi connectivity index (χ3v) is 7.40. The van der Waals surface area contributed by atoms with Gasteiger partial charge in [0.2, 0.25) is 0 Å². The highest BCUT2D eigenvalue weighted by Crippen LogP contribution is 2.49. The molecule has 4 aliphatic carbocycles. The lowest BCUT2D eigenvalue weighted by Gasteiger charge is -2.32. The lowest BCUT2D eigenvalue weighted by Crippen LogP contribution is -2.22. The molecule has 2 heteroatoms. The van der Waals surface area contributed by atoms with Gasteiger partial charge in [0.15, 0.2) is 11.6 Å². The van der Waals surface area contributed by atoms with Crippen LogP contribution in [0.1, 0.15) is 104 Å². The van der Waals surface area contributed by atoms with Crippen LogP contribution in [0.25, 0.3) is 0 Å². The zero-order valence-electron chi connectivity index (χ0n) is 16.9. The molecule has 0 aromatic rings. The minimum atomic E-state index is 0.297. The molecule has 0 N–H and O–H groups in total. The van der Waals surface area contributed by atoms with Crippen LogP contribution in [0.4, 0.5) is 0 Å². The first-order valence-electron chi connectivity index (χ1n) is 10.9. The van der Waals surface area contributed by atoms with Gasteiger partial charge in [0.1, 0.15) is 0 Å². The van der Waals surface area contributed by atoms with Crippen LogP contribution in [0.5, 0.6) is 0 Å². The average Bonchev–Trinajstić information content (AvgIpc) is 3.26. The molecule has 144 valence electrons. The standard InChI is InChI=1S/2C12H18O/c2*1-10(13)11-5-4-8-12(9-11)6-2-3-7-12/h9H,2-8H2,1H3;5H,2-4,6-9H2,1H3. The van der Waals surface area contributed by atoms with Crippen LogP contribution >= 0.6 is 0 Å². The largest absolute Gasteiger partial charge is 0.295 e. The van der Waals surface area contributed by atoms with E-state index in [1.165, 1.54) is 70.6 Å². The fourth-order valence-electron chi connectivity index (χ4n) is 5.83. The summed E-state index contributed by atoms with van der Waals surface area (Å²) in [6.45, 7) is 3.42. The van der Waals surface area contributed by atoms with E-state index in [1.807, 2.05) is 0 Å². The predicted octanol–water partition coefficient (Wildman–Crippen LogP) is 6.49. The summed E-state index contributed by atoms with van der Waals surface area (Å²) >= 11 is 0. The molecule has 0 amide bonds. The summed E-state index contributed by atoms with van der Waals surface area (Å²) in [5.41, 5.74) is 3.19. The molecule has 0 aromatic heterocycles. The maximum atomic E-state index is 11.3. The SMILES string of the molecule is CC(=O)C1=CC2(CCCC2)CCC1.CC(=O)C1=CCCC2(CCCC2)C1. The molecule has 0 bridgehead atoms. The van der Waals surface area contributed by atoms with Gasteiger partial charge >= 0.3 is 0 Å². The second-order valence-corrected chi connectivity index (χ2v) is 9.36. The number of hydrogen-bond acceptors (Lipinski definition) is 2. The van der Waals surface area contributed by atoms with Crippen molar-refractivity contribution in [3.63, 3.8) is 0 Å². The molecule has 2 saturated carbocycles. The van der Waals surface area contributed by atoms with E-state index < -0.39 is 0 Å². The number of allylic oxidation sites excluding steroid dienone is 4. The van der Waals surface area contributed by atoms with Gasteiger partial charge < -0.3 is 0 Å². The molecule has 26 heavy (non-hydrogen) atoms. The normalized spacial score (nSPS) is 26.1. The average molecular weight is 357 g/mol. The van der Waals surface area contributed by atoms with Gasteiger partial charge in [-0.1, -0.05) is 37.8 Å². The fraction of sp³-hybridized carbons (Fsp3) is 0.750. The Hall–Kier alpha value is -1.18. The number of carbonyl (C=O) groups excluding carboxylic acids is 2. The number of ketones is 2. The second kappa shape index (κ2) is 8.23. The van der Waals surface area contributed by atoms with Gasteiger partial charge in [-0.15, -0.1) is 0 Å². The Kier molecular flexibility index (Phi) is 6.20. The summed E-state index contributed by atoms with van der Waals surface area (Å²) in [6.07, 6.45) is 22.4. The number of hydrogen-bond donors (Lipinski definition) is 0. The van der Waals surface area contributed by atoms with Gasteiger partial charge in [-0.3, -0.25) is 9.59 Å². The van der Waals surface area contributed by atoms with Crippen molar-refractivity contribution in [3.05, 3.63) is 23.3 Å². The lowest BCUT2D eigenvalue weighted by atomic mass is 9.72. The van der Waals surface area contributed by atoms with E-state index >= 15 is 0 Å². The van der Waals surface area contributed by atoms with Gasteiger partial charge in [-0.25, -0.2) is 0 Å². The van der Waals surface area contributed by atoms with E-state index in [-0.39, 0.29) is 0 Å². The van der Waals surface area contributed by atoms with E-state index in [0.717, 1.165) is 30.4 Å². The van der Waals surface area contributed by atoms with Crippen LogP contribution < -0.4 is 0 Å². The first-order chi connectivity index (χ1) is 12.4. The Balaban J connectivity index is 0.000000151. The molecule has 0 atom stereocenters. The third-order valence-electron chi connectivity index (χ3n) is 7.40. The quantitative estimate of drug-likeness (QED) is 0.566. The zero-order valence-corrected chi connectivity index (χ0v) is 16.9. The highest BCUT2D eigenvalue weighted by molar-refractivity contribution is 5.93. The molecule has 4 rings (SSSR count). The second-order valence-electron chi connectivity index (χ2n) is 9.36. The molecule has 0 aliphatic heterocycles. The Morgan fingerprint density at radius 3 is 1.96 bits per heavy atom. The summed E-state index contributed by atoms with van der Waals surface area (Å²) in [7, 11) is 0. The van der Waals surface area contributed by atoms with Gasteiger partial charge in [-0.2, -0.15) is 0 Å². The van der Waals surface area contributed by atoms with Crippen LogP contribution in [0.3, 0.4) is 0 Å². The monoisotopic (exact) mass is 356 g/mol. The Morgan fingerprint density at radius 1 is 0.769 bits per heavy atom. The van der Waals surface area contributed by atoms with Crippen molar-refractivity contribution in [2.24, 2.45) is 10.8 Å². The van der Waals surface area contributed by atoms with Crippen molar-refractivity contribution in [1.82, 2.24) is 0 Å². The van der Waals surface area contributed by atoms with Crippen molar-refractivity contribution in [2.45, 2.75) is 104 Å². The van der Waals surface area contributed by atoms with Crippen LogP contribution in [0, 0.1) is 10.8 Å². The van der Waals surface area contributed by atoms with E-state index in [1.54, 1.807) is 13.8 Å². The Labute approximate surface area is 159 Å². The highest BCUT2D eigenvalue weighted by Gasteiger charge is 2.36. The first kappa shape index (κ1) is 19.6. The van der Waals surface area contributed by atoms with Crippen molar-refractivity contribution >= 4 is 11.6 Å². The van der Waals surface area contributed by atoms with Gasteiger partial charge in [0, 0.05) is 0 Å². The van der Waals surface area contributed by atoms with Crippen molar-refractivity contribution < 1.29 is 9.59 Å². The number of rotatable bonds is 2. The summed E-state index contributed by atoms with van der Waals surface area (Å²) in [6, 6.07) is 0. The summed E-state index contributed by atoms with van der Waals surface area (Å²) in [4.78, 5) is 22.5. The topological polar surface area (TPSA) is 34.1 Å². The molecular formula is C24H36O2. The minimum absolute atomic E-state index is 0.297. The van der Waals surface area contributed by atoms with Crippen molar-refractivity contribution in [3.8, 4) is 0 Å². The molecule has 2 nitrogen and oxygen atoms in total. The summed E-state index contributed by atoms with van der Waals surface area (Å²) in [5.74, 6) is 0.594. The third kappa shape index (κ3) is 4.56. The molecule has 0 radical (unpaired) electrons. The first-order valence-corrected chi connectivity index (χ1v) is 10.9. The number of Topliss-reactive ketones (excluding diaryl/α,β-unsaturated/α-hetero) is 2. The molecule has 0 saturated heterocycles. The number of carbonyl (C=O) groups is 2. The fourth-order valence-corrected chi connectivity index (χ4v) is 5.83. The smallest absolute Gasteiger partial charge is 0.155 e. The van der Waals surface area contributed by atoms with Crippen molar-refractivity contribution in [1.29, 1.82) is 0 Å². The molecule has 2 spiro atoms. The van der Waals surface area contributed by atoms with Gasteiger partial charge in [0.05, 0.1) is 0 Å². The van der Waals surface area contributed by atoms with E-state index in [9.17, 15) is 9.59 Å². The van der Waals surface area contributed by atoms with Crippen LogP contribution in [-0.4, -0.2) is 11.6 Å². The van der Waals surface area contributed by atoms with Crippen LogP contribution in [0.15, 0.2) is 23.3 Å². The van der Waals surface area contributed by atoms with Gasteiger partial charge in [0.25, 0.3) is 0 Å². The minimum Gasteiger partial charge on any atom is -0.295 e.